The van der Waals surface area contributed by atoms with E-state index in [4.69, 9.17) is 9.47 Å². The van der Waals surface area contributed by atoms with Crippen molar-refractivity contribution in [1.29, 1.82) is 0 Å². The molecule has 0 amide bonds. The normalized spacial score (nSPS) is 14.6. The van der Waals surface area contributed by atoms with Crippen molar-refractivity contribution in [2.24, 2.45) is 0 Å². The number of nitrogens with one attached hydrogen (secondary N) is 1. The molecule has 18 heavy (non-hydrogen) atoms. The minimum atomic E-state index is -4.16. The van der Waals surface area contributed by atoms with Crippen LogP contribution in [-0.2, 0) is 6.42 Å². The van der Waals surface area contributed by atoms with E-state index < -0.39 is 12.7 Å². The molecule has 2 rings (SSSR count). The smallest absolute Gasteiger partial charge is 0.401 e. The Morgan fingerprint density at radius 2 is 1.83 bits per heavy atom. The molecule has 0 atom stereocenters. The van der Waals surface area contributed by atoms with Crippen LogP contribution in [0.5, 0.6) is 11.5 Å². The fraction of sp³-hybridized carbons (Fsp3) is 0.500. The average Bonchev–Trinajstić information content (AvgIpc) is 2.33. The average molecular weight is 261 g/mol. The highest BCUT2D eigenvalue weighted by Gasteiger charge is 2.25. The van der Waals surface area contributed by atoms with E-state index in [1.165, 1.54) is 0 Å². The minimum absolute atomic E-state index is 0.277. The van der Waals surface area contributed by atoms with Gasteiger partial charge in [0.15, 0.2) is 11.5 Å². The van der Waals surface area contributed by atoms with E-state index in [9.17, 15) is 13.2 Å². The molecule has 0 saturated heterocycles. The molecule has 1 heterocycles. The van der Waals surface area contributed by atoms with Gasteiger partial charge in [0.2, 0.25) is 0 Å². The molecule has 0 bridgehead atoms. The van der Waals surface area contributed by atoms with Gasteiger partial charge in [0.05, 0.1) is 6.54 Å². The van der Waals surface area contributed by atoms with Crippen LogP contribution in [0.3, 0.4) is 0 Å². The van der Waals surface area contributed by atoms with Crippen LogP contribution in [0, 0.1) is 0 Å². The molecule has 1 N–H and O–H groups in total. The quantitative estimate of drug-likeness (QED) is 0.842. The van der Waals surface area contributed by atoms with Crippen molar-refractivity contribution in [1.82, 2.24) is 5.32 Å². The molecule has 0 unspecified atom stereocenters. The van der Waals surface area contributed by atoms with Gasteiger partial charge in [-0.25, -0.2) is 0 Å². The number of halogens is 3. The van der Waals surface area contributed by atoms with Crippen LogP contribution >= 0.6 is 0 Å². The topological polar surface area (TPSA) is 30.5 Å². The summed E-state index contributed by atoms with van der Waals surface area (Å²) in [4.78, 5) is 0. The first-order valence-electron chi connectivity index (χ1n) is 5.70. The van der Waals surface area contributed by atoms with Gasteiger partial charge in [-0.05, 0) is 30.7 Å². The van der Waals surface area contributed by atoms with E-state index in [-0.39, 0.29) is 6.54 Å². The minimum Gasteiger partial charge on any atom is -0.486 e. The summed E-state index contributed by atoms with van der Waals surface area (Å²) in [5.74, 6) is 1.35. The fourth-order valence-electron chi connectivity index (χ4n) is 1.71. The highest BCUT2D eigenvalue weighted by atomic mass is 19.4. The number of benzene rings is 1. The van der Waals surface area contributed by atoms with Crippen molar-refractivity contribution in [2.45, 2.75) is 12.6 Å². The number of rotatable bonds is 4. The summed E-state index contributed by atoms with van der Waals surface area (Å²) in [5, 5.41) is 2.36. The van der Waals surface area contributed by atoms with Crippen LogP contribution in [0.1, 0.15) is 5.56 Å². The molecule has 3 nitrogen and oxygen atoms in total. The summed E-state index contributed by atoms with van der Waals surface area (Å²) in [6, 6.07) is 5.43. The standard InChI is InChI=1S/C12H14F3NO2/c13-12(14,15)8-16-4-3-9-1-2-10-11(7-9)18-6-5-17-10/h1-2,7,16H,3-6,8H2. The first kappa shape index (κ1) is 13.0. The van der Waals surface area contributed by atoms with Crippen LogP contribution in [0.25, 0.3) is 0 Å². The second-order valence-corrected chi connectivity index (χ2v) is 4.02. The maximum atomic E-state index is 11.9. The predicted octanol–water partition coefficient (Wildman–Crippen LogP) is 2.15. The lowest BCUT2D eigenvalue weighted by Crippen LogP contribution is -2.30. The van der Waals surface area contributed by atoms with Crippen molar-refractivity contribution >= 4 is 0 Å². The Balaban J connectivity index is 1.83. The summed E-state index contributed by atoms with van der Waals surface area (Å²) < 4.78 is 46.5. The third-order valence-corrected chi connectivity index (χ3v) is 2.52. The van der Waals surface area contributed by atoms with E-state index >= 15 is 0 Å². The fourth-order valence-corrected chi connectivity index (χ4v) is 1.71. The van der Waals surface area contributed by atoms with Gasteiger partial charge in [0, 0.05) is 0 Å². The van der Waals surface area contributed by atoms with Gasteiger partial charge in [-0.3, -0.25) is 0 Å². The lowest BCUT2D eigenvalue weighted by atomic mass is 10.1. The zero-order valence-corrected chi connectivity index (χ0v) is 9.72. The van der Waals surface area contributed by atoms with Crippen molar-refractivity contribution < 1.29 is 22.6 Å². The van der Waals surface area contributed by atoms with Gasteiger partial charge in [-0.1, -0.05) is 6.07 Å². The zero-order chi connectivity index (χ0) is 13.0. The monoisotopic (exact) mass is 261 g/mol. The lowest BCUT2D eigenvalue weighted by Gasteiger charge is -2.19. The third-order valence-electron chi connectivity index (χ3n) is 2.52. The van der Waals surface area contributed by atoms with Crippen LogP contribution in [0.2, 0.25) is 0 Å². The van der Waals surface area contributed by atoms with E-state index in [2.05, 4.69) is 5.32 Å². The maximum Gasteiger partial charge on any atom is 0.401 e. The van der Waals surface area contributed by atoms with Crippen LogP contribution in [0.4, 0.5) is 13.2 Å². The summed E-state index contributed by atoms with van der Waals surface area (Å²) in [5.41, 5.74) is 0.925. The third kappa shape index (κ3) is 3.80. The van der Waals surface area contributed by atoms with E-state index in [1.807, 2.05) is 12.1 Å². The molecule has 0 saturated carbocycles. The molecule has 1 aliphatic rings. The number of alkyl halides is 3. The molecule has 0 spiro atoms. The van der Waals surface area contributed by atoms with Gasteiger partial charge >= 0.3 is 6.18 Å². The summed E-state index contributed by atoms with van der Waals surface area (Å²) >= 11 is 0. The van der Waals surface area contributed by atoms with Crippen molar-refractivity contribution in [3.8, 4) is 11.5 Å². The molecule has 1 aromatic carbocycles. The van der Waals surface area contributed by atoms with Crippen LogP contribution in [0.15, 0.2) is 18.2 Å². The van der Waals surface area contributed by atoms with Gasteiger partial charge in [-0.2, -0.15) is 13.2 Å². The molecule has 0 aromatic heterocycles. The number of hydrogen-bond acceptors (Lipinski definition) is 3. The molecule has 0 radical (unpaired) electrons. The Morgan fingerprint density at radius 3 is 2.56 bits per heavy atom. The summed E-state index contributed by atoms with van der Waals surface area (Å²) in [6.45, 7) is 0.346. The Morgan fingerprint density at radius 1 is 1.11 bits per heavy atom. The molecule has 1 aliphatic heterocycles. The second-order valence-electron chi connectivity index (χ2n) is 4.02. The Kier molecular flexibility index (Phi) is 3.96. The first-order valence-corrected chi connectivity index (χ1v) is 5.70. The molecule has 6 heteroatoms. The van der Waals surface area contributed by atoms with Gasteiger partial charge in [0.1, 0.15) is 13.2 Å². The maximum absolute atomic E-state index is 11.9. The number of hydrogen-bond donors (Lipinski definition) is 1. The second kappa shape index (κ2) is 5.48. The Labute approximate surface area is 103 Å². The van der Waals surface area contributed by atoms with Crippen LogP contribution in [-0.4, -0.2) is 32.5 Å². The Hall–Kier alpha value is -1.43. The first-order chi connectivity index (χ1) is 8.54. The molecular weight excluding hydrogens is 247 g/mol. The number of fused-ring (bicyclic) bond motifs is 1. The highest BCUT2D eigenvalue weighted by Crippen LogP contribution is 2.30. The van der Waals surface area contributed by atoms with Crippen molar-refractivity contribution in [3.63, 3.8) is 0 Å². The van der Waals surface area contributed by atoms with Gasteiger partial charge in [-0.15, -0.1) is 0 Å². The summed E-state index contributed by atoms with van der Waals surface area (Å²) in [7, 11) is 0. The SMILES string of the molecule is FC(F)(F)CNCCc1ccc2c(c1)OCCO2. The largest absolute Gasteiger partial charge is 0.486 e. The molecule has 0 aliphatic carbocycles. The summed E-state index contributed by atoms with van der Waals surface area (Å²) in [6.07, 6.45) is -3.64. The van der Waals surface area contributed by atoms with Crippen LogP contribution < -0.4 is 14.8 Å². The number of ether oxygens (including phenoxy) is 2. The highest BCUT2D eigenvalue weighted by molar-refractivity contribution is 5.43. The molecular formula is C12H14F3NO2. The lowest BCUT2D eigenvalue weighted by molar-refractivity contribution is -0.124. The van der Waals surface area contributed by atoms with Crippen molar-refractivity contribution in [3.05, 3.63) is 23.8 Å². The molecule has 1 aromatic rings. The Bertz CT molecular complexity index is 407. The van der Waals surface area contributed by atoms with E-state index in [1.54, 1.807) is 6.07 Å². The predicted molar refractivity (Wildman–Crippen MR) is 60.1 cm³/mol. The van der Waals surface area contributed by atoms with Crippen molar-refractivity contribution in [2.75, 3.05) is 26.3 Å². The van der Waals surface area contributed by atoms with E-state index in [0.717, 1.165) is 5.56 Å². The van der Waals surface area contributed by atoms with E-state index in [0.29, 0.717) is 31.1 Å². The van der Waals surface area contributed by atoms with Gasteiger partial charge in [0.25, 0.3) is 0 Å². The molecule has 0 fully saturated rings. The molecule has 100 valence electrons. The van der Waals surface area contributed by atoms with Gasteiger partial charge < -0.3 is 14.8 Å². The zero-order valence-electron chi connectivity index (χ0n) is 9.72.